The maximum Gasteiger partial charge on any atom is 0.410 e. The Labute approximate surface area is 128 Å². The molecule has 4 nitrogen and oxygen atoms in total. The van der Waals surface area contributed by atoms with Crippen molar-refractivity contribution in [2.45, 2.75) is 64.9 Å². The molecule has 0 radical (unpaired) electrons. The zero-order valence-electron chi connectivity index (χ0n) is 13.8. The SMILES string of the molecule is CN(CC1CCC(C(O)=C2CC2)CC1)C(=O)OC(C)(C)C. The third-order valence-electron chi connectivity index (χ3n) is 4.33. The van der Waals surface area contributed by atoms with Crippen molar-refractivity contribution >= 4 is 6.09 Å². The normalized spacial score (nSPS) is 25.4. The summed E-state index contributed by atoms with van der Waals surface area (Å²) in [7, 11) is 1.81. The second kappa shape index (κ2) is 6.29. The molecule has 0 saturated heterocycles. The molecular weight excluding hydrogens is 266 g/mol. The number of allylic oxidation sites excluding steroid dienone is 2. The Kier molecular flexibility index (Phi) is 4.84. The van der Waals surface area contributed by atoms with Gasteiger partial charge in [0.15, 0.2) is 0 Å². The fourth-order valence-corrected chi connectivity index (χ4v) is 3.03. The van der Waals surface area contributed by atoms with Crippen molar-refractivity contribution in [2.24, 2.45) is 11.8 Å². The third-order valence-corrected chi connectivity index (χ3v) is 4.33. The molecule has 2 aliphatic rings. The molecule has 0 aromatic rings. The molecule has 0 unspecified atom stereocenters. The summed E-state index contributed by atoms with van der Waals surface area (Å²) in [6.07, 6.45) is 6.18. The third kappa shape index (κ3) is 4.94. The lowest BCUT2D eigenvalue weighted by atomic mass is 9.80. The van der Waals surface area contributed by atoms with Gasteiger partial charge >= 0.3 is 6.09 Å². The number of hydrogen-bond donors (Lipinski definition) is 1. The molecular formula is C17H29NO3. The Hall–Kier alpha value is -1.19. The Balaban J connectivity index is 1.75. The van der Waals surface area contributed by atoms with Gasteiger partial charge < -0.3 is 14.7 Å². The molecule has 0 atom stereocenters. The number of amides is 1. The number of carbonyl (C=O) groups excluding carboxylic acids is 1. The van der Waals surface area contributed by atoms with E-state index in [1.165, 1.54) is 5.57 Å². The van der Waals surface area contributed by atoms with Crippen LogP contribution in [0.3, 0.4) is 0 Å². The second-order valence-electron chi connectivity index (χ2n) is 7.57. The van der Waals surface area contributed by atoms with Gasteiger partial charge in [0.1, 0.15) is 5.60 Å². The van der Waals surface area contributed by atoms with Crippen LogP contribution in [0.4, 0.5) is 4.79 Å². The fourth-order valence-electron chi connectivity index (χ4n) is 3.03. The molecule has 0 bridgehead atoms. The fraction of sp³-hybridized carbons (Fsp3) is 0.824. The maximum absolute atomic E-state index is 12.0. The van der Waals surface area contributed by atoms with Gasteiger partial charge in [-0.25, -0.2) is 4.79 Å². The lowest BCUT2D eigenvalue weighted by Gasteiger charge is -2.32. The van der Waals surface area contributed by atoms with E-state index in [2.05, 4.69) is 0 Å². The van der Waals surface area contributed by atoms with Crippen LogP contribution in [-0.4, -0.2) is 35.3 Å². The van der Waals surface area contributed by atoms with E-state index >= 15 is 0 Å². The number of hydrogen-bond acceptors (Lipinski definition) is 3. The smallest absolute Gasteiger partial charge is 0.410 e. The Morgan fingerprint density at radius 1 is 1.24 bits per heavy atom. The summed E-state index contributed by atoms with van der Waals surface area (Å²) < 4.78 is 5.38. The first-order valence-electron chi connectivity index (χ1n) is 8.11. The topological polar surface area (TPSA) is 49.8 Å². The van der Waals surface area contributed by atoms with Crippen LogP contribution >= 0.6 is 0 Å². The van der Waals surface area contributed by atoms with Crippen LogP contribution in [0.25, 0.3) is 0 Å². The Bertz CT molecular complexity index is 408. The molecule has 0 aromatic heterocycles. The zero-order chi connectivity index (χ0) is 15.6. The number of aliphatic hydroxyl groups excluding tert-OH is 1. The summed E-state index contributed by atoms with van der Waals surface area (Å²) in [4.78, 5) is 13.6. The quantitative estimate of drug-likeness (QED) is 0.791. The number of ether oxygens (including phenoxy) is 1. The van der Waals surface area contributed by atoms with Crippen molar-refractivity contribution in [2.75, 3.05) is 13.6 Å². The highest BCUT2D eigenvalue weighted by Crippen LogP contribution is 2.39. The molecule has 1 amide bonds. The first-order chi connectivity index (χ1) is 9.76. The molecule has 2 saturated carbocycles. The molecule has 0 spiro atoms. The van der Waals surface area contributed by atoms with Crippen molar-refractivity contribution in [3.8, 4) is 0 Å². The largest absolute Gasteiger partial charge is 0.512 e. The van der Waals surface area contributed by atoms with Crippen molar-refractivity contribution in [3.63, 3.8) is 0 Å². The zero-order valence-corrected chi connectivity index (χ0v) is 13.8. The summed E-state index contributed by atoms with van der Waals surface area (Å²) in [5, 5.41) is 10.1. The minimum atomic E-state index is -0.439. The van der Waals surface area contributed by atoms with E-state index in [1.54, 1.807) is 4.90 Å². The molecule has 120 valence electrons. The first-order valence-corrected chi connectivity index (χ1v) is 8.11. The van der Waals surface area contributed by atoms with E-state index in [4.69, 9.17) is 4.74 Å². The van der Waals surface area contributed by atoms with Crippen LogP contribution in [-0.2, 0) is 4.74 Å². The van der Waals surface area contributed by atoms with Gasteiger partial charge in [0.25, 0.3) is 0 Å². The van der Waals surface area contributed by atoms with E-state index in [-0.39, 0.29) is 6.09 Å². The average Bonchev–Trinajstić information content (AvgIpc) is 3.21. The van der Waals surface area contributed by atoms with Crippen LogP contribution in [0, 0.1) is 11.8 Å². The number of aliphatic hydroxyl groups is 1. The molecule has 0 aliphatic heterocycles. The van der Waals surface area contributed by atoms with Gasteiger partial charge in [-0.1, -0.05) is 0 Å². The van der Waals surface area contributed by atoms with Crippen molar-refractivity contribution in [3.05, 3.63) is 11.3 Å². The number of carbonyl (C=O) groups is 1. The standard InChI is InChI=1S/C17H29NO3/c1-17(2,3)21-16(20)18(4)11-12-5-7-13(8-6-12)15(19)14-9-10-14/h12-13,19H,5-11H2,1-4H3. The highest BCUT2D eigenvalue weighted by Gasteiger charge is 2.30. The molecule has 1 N–H and O–H groups in total. The summed E-state index contributed by atoms with van der Waals surface area (Å²) in [6.45, 7) is 6.41. The van der Waals surface area contributed by atoms with Crippen LogP contribution in [0.2, 0.25) is 0 Å². The highest BCUT2D eigenvalue weighted by atomic mass is 16.6. The Morgan fingerprint density at radius 3 is 2.29 bits per heavy atom. The maximum atomic E-state index is 12.0. The number of nitrogens with zero attached hydrogens (tertiary/aromatic N) is 1. The lowest BCUT2D eigenvalue weighted by Crippen LogP contribution is -2.37. The summed E-state index contributed by atoms with van der Waals surface area (Å²) in [6, 6.07) is 0. The minimum absolute atomic E-state index is 0.243. The van der Waals surface area contributed by atoms with Crippen LogP contribution in [0.5, 0.6) is 0 Å². The molecule has 2 fully saturated rings. The Morgan fingerprint density at radius 2 is 1.81 bits per heavy atom. The van der Waals surface area contributed by atoms with Gasteiger partial charge in [-0.3, -0.25) is 0 Å². The number of rotatable bonds is 3. The molecule has 21 heavy (non-hydrogen) atoms. The first kappa shape index (κ1) is 16.2. The van der Waals surface area contributed by atoms with E-state index in [0.29, 0.717) is 17.6 Å². The highest BCUT2D eigenvalue weighted by molar-refractivity contribution is 5.67. The molecule has 0 heterocycles. The molecule has 0 aromatic carbocycles. The van der Waals surface area contributed by atoms with Crippen LogP contribution < -0.4 is 0 Å². The van der Waals surface area contributed by atoms with Crippen LogP contribution in [0.1, 0.15) is 59.3 Å². The van der Waals surface area contributed by atoms with Crippen molar-refractivity contribution < 1.29 is 14.6 Å². The van der Waals surface area contributed by atoms with Gasteiger partial charge in [-0.2, -0.15) is 0 Å². The van der Waals surface area contributed by atoms with E-state index in [0.717, 1.165) is 45.1 Å². The molecule has 2 rings (SSSR count). The molecule has 4 heteroatoms. The van der Waals surface area contributed by atoms with E-state index in [9.17, 15) is 9.90 Å². The monoisotopic (exact) mass is 295 g/mol. The van der Waals surface area contributed by atoms with E-state index in [1.807, 2.05) is 27.8 Å². The second-order valence-corrected chi connectivity index (χ2v) is 7.57. The predicted octanol–water partition coefficient (Wildman–Crippen LogP) is 4.27. The van der Waals surface area contributed by atoms with Gasteiger partial charge in [0.2, 0.25) is 0 Å². The van der Waals surface area contributed by atoms with Gasteiger partial charge in [0, 0.05) is 19.5 Å². The average molecular weight is 295 g/mol. The minimum Gasteiger partial charge on any atom is -0.512 e. The van der Waals surface area contributed by atoms with Crippen LogP contribution in [0.15, 0.2) is 11.3 Å². The molecule has 2 aliphatic carbocycles. The summed E-state index contributed by atoms with van der Waals surface area (Å²) in [5.74, 6) is 1.57. The summed E-state index contributed by atoms with van der Waals surface area (Å²) in [5.41, 5.74) is 0.829. The van der Waals surface area contributed by atoms with Gasteiger partial charge in [-0.05, 0) is 70.8 Å². The van der Waals surface area contributed by atoms with E-state index < -0.39 is 5.60 Å². The summed E-state index contributed by atoms with van der Waals surface area (Å²) >= 11 is 0. The predicted molar refractivity (Wildman–Crippen MR) is 83.2 cm³/mol. The van der Waals surface area contributed by atoms with Crippen molar-refractivity contribution in [1.82, 2.24) is 4.90 Å². The van der Waals surface area contributed by atoms with Gasteiger partial charge in [-0.15, -0.1) is 0 Å². The van der Waals surface area contributed by atoms with Crippen molar-refractivity contribution in [1.29, 1.82) is 0 Å². The lowest BCUT2D eigenvalue weighted by molar-refractivity contribution is 0.0257. The van der Waals surface area contributed by atoms with Gasteiger partial charge in [0.05, 0.1) is 5.76 Å².